The van der Waals surface area contributed by atoms with Crippen LogP contribution in [0.4, 0.5) is 5.69 Å². The Morgan fingerprint density at radius 3 is 2.34 bits per heavy atom. The van der Waals surface area contributed by atoms with Crippen LogP contribution >= 0.6 is 0 Å². The van der Waals surface area contributed by atoms with Crippen LogP contribution in [0.1, 0.15) is 91.3 Å². The number of unbranched alkanes of at least 4 members (excludes halogenated alkanes) is 4. The molecule has 38 heavy (non-hydrogen) atoms. The normalized spacial score (nSPS) is 16.7. The number of hydrogen-bond acceptors (Lipinski definition) is 7. The summed E-state index contributed by atoms with van der Waals surface area (Å²) in [6, 6.07) is 3.48. The lowest BCUT2D eigenvalue weighted by atomic mass is 10.0. The Balaban J connectivity index is 1.39. The molecule has 1 saturated heterocycles. The average molecular weight is 529 g/mol. The molecule has 0 bridgehead atoms. The van der Waals surface area contributed by atoms with Crippen LogP contribution in [0.5, 0.6) is 0 Å². The van der Waals surface area contributed by atoms with Gasteiger partial charge in [0.1, 0.15) is 6.04 Å². The molecule has 0 saturated carbocycles. The maximum atomic E-state index is 13.1. The molecular formula is C26H32N4O8. The summed E-state index contributed by atoms with van der Waals surface area (Å²) in [6.45, 7) is 0.522. The van der Waals surface area contributed by atoms with Crippen LogP contribution in [0, 0.1) is 0 Å². The summed E-state index contributed by atoms with van der Waals surface area (Å²) < 4.78 is 0. The van der Waals surface area contributed by atoms with E-state index in [4.69, 9.17) is 5.11 Å². The minimum absolute atomic E-state index is 0.0244. The van der Waals surface area contributed by atoms with Gasteiger partial charge in [-0.15, -0.1) is 0 Å². The van der Waals surface area contributed by atoms with Gasteiger partial charge in [0.05, 0.1) is 16.8 Å². The lowest BCUT2D eigenvalue weighted by molar-refractivity contribution is -0.138. The second-order valence-corrected chi connectivity index (χ2v) is 9.34. The number of imide groups is 2. The topological polar surface area (TPSA) is 179 Å². The Morgan fingerprint density at radius 2 is 1.61 bits per heavy atom. The number of hydrogen-bond donors (Lipinski definition) is 4. The van der Waals surface area contributed by atoms with Crippen molar-refractivity contribution >= 4 is 47.1 Å². The smallest absolute Gasteiger partial charge is 0.303 e. The zero-order valence-electron chi connectivity index (χ0n) is 21.0. The summed E-state index contributed by atoms with van der Waals surface area (Å²) in [7, 11) is 0. The molecule has 1 fully saturated rings. The van der Waals surface area contributed by atoms with E-state index in [1.807, 2.05) is 0 Å². The first-order valence-corrected chi connectivity index (χ1v) is 12.8. The molecule has 2 aliphatic heterocycles. The summed E-state index contributed by atoms with van der Waals surface area (Å²) in [6.07, 6.45) is 4.74. The number of nitrogens with one attached hydrogen (secondary N) is 3. The van der Waals surface area contributed by atoms with Crippen LogP contribution in [0.25, 0.3) is 0 Å². The lowest BCUT2D eigenvalue weighted by Gasteiger charge is -2.27. The van der Waals surface area contributed by atoms with E-state index in [9.17, 15) is 33.6 Å². The number of piperidine rings is 1. The molecule has 0 spiro atoms. The molecule has 2 heterocycles. The Bertz CT molecular complexity index is 1130. The van der Waals surface area contributed by atoms with Gasteiger partial charge in [-0.3, -0.25) is 43.8 Å². The highest BCUT2D eigenvalue weighted by molar-refractivity contribution is 6.26. The van der Waals surface area contributed by atoms with Gasteiger partial charge in [-0.1, -0.05) is 25.3 Å². The van der Waals surface area contributed by atoms with Gasteiger partial charge in [-0.05, 0) is 37.8 Å². The summed E-state index contributed by atoms with van der Waals surface area (Å²) >= 11 is 0. The van der Waals surface area contributed by atoms with Crippen molar-refractivity contribution in [2.75, 3.05) is 11.9 Å². The highest BCUT2D eigenvalue weighted by Crippen LogP contribution is 2.32. The van der Waals surface area contributed by atoms with Gasteiger partial charge in [0.2, 0.25) is 23.6 Å². The number of carboxylic acid groups (broad SMARTS) is 1. The van der Waals surface area contributed by atoms with Crippen molar-refractivity contribution in [3.8, 4) is 0 Å². The van der Waals surface area contributed by atoms with Crippen LogP contribution in [-0.4, -0.2) is 64.0 Å². The van der Waals surface area contributed by atoms with Crippen molar-refractivity contribution in [2.45, 2.75) is 76.7 Å². The number of anilines is 1. The highest BCUT2D eigenvalue weighted by atomic mass is 16.4. The Kier molecular flexibility index (Phi) is 10.1. The molecule has 4 N–H and O–H groups in total. The molecule has 3 rings (SSSR count). The summed E-state index contributed by atoms with van der Waals surface area (Å²) in [5.41, 5.74) is 0.353. The molecule has 0 aromatic heterocycles. The second-order valence-electron chi connectivity index (χ2n) is 9.34. The molecule has 1 unspecified atom stereocenters. The van der Waals surface area contributed by atoms with Gasteiger partial charge < -0.3 is 15.7 Å². The minimum atomic E-state index is -1.08. The molecule has 1 aromatic carbocycles. The number of rotatable bonds is 14. The van der Waals surface area contributed by atoms with E-state index < -0.39 is 35.6 Å². The van der Waals surface area contributed by atoms with Crippen molar-refractivity contribution in [3.63, 3.8) is 0 Å². The maximum absolute atomic E-state index is 13.1. The van der Waals surface area contributed by atoms with Gasteiger partial charge in [0.15, 0.2) is 0 Å². The van der Waals surface area contributed by atoms with E-state index >= 15 is 0 Å². The van der Waals surface area contributed by atoms with Gasteiger partial charge in [-0.2, -0.15) is 0 Å². The lowest BCUT2D eigenvalue weighted by Crippen LogP contribution is -2.54. The SMILES string of the molecule is O=C(O)CCCC(=O)NCCCCCCCC(=O)Nc1cccc2c1C(=O)N(C1CCC(=O)NC1=O)C2=O. The number of fused-ring (bicyclic) bond motifs is 1. The van der Waals surface area contributed by atoms with Crippen LogP contribution in [0.15, 0.2) is 18.2 Å². The first kappa shape index (κ1) is 28.5. The van der Waals surface area contributed by atoms with Crippen molar-refractivity contribution in [1.29, 1.82) is 0 Å². The fraction of sp³-hybridized carbons (Fsp3) is 0.500. The standard InChI is InChI=1S/C26H32N4O8/c31-19(11-7-12-22(34)35)27-15-5-3-1-2-4-10-20(32)28-17-9-6-8-16-23(17)26(38)30(25(16)37)18-13-14-21(33)29-24(18)36/h6,8-9,18H,1-5,7,10-15H2,(H,27,31)(H,28,32)(H,34,35)(H,29,33,36). The fourth-order valence-electron chi connectivity index (χ4n) is 4.49. The maximum Gasteiger partial charge on any atom is 0.303 e. The Hall–Kier alpha value is -4.09. The molecule has 12 heteroatoms. The molecule has 1 aromatic rings. The van der Waals surface area contributed by atoms with Gasteiger partial charge >= 0.3 is 5.97 Å². The number of benzene rings is 1. The van der Waals surface area contributed by atoms with Crippen molar-refractivity contribution in [3.05, 3.63) is 29.3 Å². The van der Waals surface area contributed by atoms with E-state index in [1.165, 1.54) is 12.1 Å². The van der Waals surface area contributed by atoms with Crippen molar-refractivity contribution in [1.82, 2.24) is 15.5 Å². The number of aliphatic carboxylic acids is 1. The monoisotopic (exact) mass is 528 g/mol. The number of carbonyl (C=O) groups is 7. The number of carbonyl (C=O) groups excluding carboxylic acids is 6. The molecule has 6 amide bonds. The quantitative estimate of drug-likeness (QED) is 0.208. The fourth-order valence-corrected chi connectivity index (χ4v) is 4.49. The third-order valence-electron chi connectivity index (χ3n) is 6.44. The molecular weight excluding hydrogens is 496 g/mol. The van der Waals surface area contributed by atoms with Crippen LogP contribution in [0.2, 0.25) is 0 Å². The van der Waals surface area contributed by atoms with Gasteiger partial charge in [0.25, 0.3) is 11.8 Å². The van der Waals surface area contributed by atoms with E-state index in [2.05, 4.69) is 16.0 Å². The Labute approximate surface area is 219 Å². The highest BCUT2D eigenvalue weighted by Gasteiger charge is 2.45. The molecule has 12 nitrogen and oxygen atoms in total. The Morgan fingerprint density at radius 1 is 0.895 bits per heavy atom. The molecule has 2 aliphatic rings. The van der Waals surface area contributed by atoms with Gasteiger partial charge in [0, 0.05) is 32.2 Å². The first-order valence-electron chi connectivity index (χ1n) is 12.8. The molecule has 204 valence electrons. The van der Waals surface area contributed by atoms with E-state index in [-0.39, 0.29) is 60.7 Å². The van der Waals surface area contributed by atoms with Gasteiger partial charge in [-0.25, -0.2) is 0 Å². The molecule has 0 aliphatic carbocycles. The summed E-state index contributed by atoms with van der Waals surface area (Å²) in [5, 5.41) is 16.2. The minimum Gasteiger partial charge on any atom is -0.481 e. The van der Waals surface area contributed by atoms with Crippen LogP contribution in [0.3, 0.4) is 0 Å². The first-order chi connectivity index (χ1) is 18.2. The van der Waals surface area contributed by atoms with E-state index in [0.29, 0.717) is 19.4 Å². The van der Waals surface area contributed by atoms with Crippen molar-refractivity contribution in [2.24, 2.45) is 0 Å². The zero-order valence-corrected chi connectivity index (χ0v) is 21.0. The third-order valence-corrected chi connectivity index (χ3v) is 6.44. The van der Waals surface area contributed by atoms with E-state index in [0.717, 1.165) is 30.6 Å². The summed E-state index contributed by atoms with van der Waals surface area (Å²) in [5.74, 6) is -3.83. The van der Waals surface area contributed by atoms with E-state index in [1.54, 1.807) is 6.07 Å². The second kappa shape index (κ2) is 13.5. The number of nitrogens with zero attached hydrogens (tertiary/aromatic N) is 1. The third kappa shape index (κ3) is 7.46. The molecule has 1 atom stereocenters. The zero-order chi connectivity index (χ0) is 27.7. The predicted octanol–water partition coefficient (Wildman–Crippen LogP) is 1.74. The predicted molar refractivity (Wildman–Crippen MR) is 134 cm³/mol. The number of carboxylic acids is 1. The number of amides is 6. The largest absolute Gasteiger partial charge is 0.481 e. The summed E-state index contributed by atoms with van der Waals surface area (Å²) in [4.78, 5) is 85.0. The van der Waals surface area contributed by atoms with Crippen LogP contribution in [-0.2, 0) is 24.0 Å². The molecule has 0 radical (unpaired) electrons. The van der Waals surface area contributed by atoms with Crippen molar-refractivity contribution < 1.29 is 38.7 Å². The average Bonchev–Trinajstić information content (AvgIpc) is 3.11. The van der Waals surface area contributed by atoms with Crippen LogP contribution < -0.4 is 16.0 Å².